The molecule has 0 aliphatic heterocycles. The molecule has 0 aromatic heterocycles. The minimum atomic E-state index is -0.137. The van der Waals surface area contributed by atoms with Crippen molar-refractivity contribution in [2.45, 2.75) is 53.0 Å². The van der Waals surface area contributed by atoms with E-state index in [-0.39, 0.29) is 11.9 Å². The molecule has 96 valence electrons. The summed E-state index contributed by atoms with van der Waals surface area (Å²) in [5.74, 6) is 0.584. The Kier molecular flexibility index (Phi) is 8.26. The van der Waals surface area contributed by atoms with Crippen LogP contribution in [0.3, 0.4) is 0 Å². The normalized spacial score (nSPS) is 14.9. The molecular formula is C13H27NO2. The van der Waals surface area contributed by atoms with Gasteiger partial charge in [-0.3, -0.25) is 4.79 Å². The van der Waals surface area contributed by atoms with Gasteiger partial charge in [0, 0.05) is 12.6 Å². The maximum atomic E-state index is 11.2. The van der Waals surface area contributed by atoms with Crippen LogP contribution in [0.2, 0.25) is 0 Å². The van der Waals surface area contributed by atoms with Crippen LogP contribution in [0.15, 0.2) is 0 Å². The molecule has 0 aliphatic rings. The van der Waals surface area contributed by atoms with Gasteiger partial charge in [-0.2, -0.15) is 0 Å². The zero-order valence-corrected chi connectivity index (χ0v) is 11.4. The first-order valence-electron chi connectivity index (χ1n) is 6.28. The van der Waals surface area contributed by atoms with E-state index in [4.69, 9.17) is 0 Å². The van der Waals surface area contributed by atoms with Crippen LogP contribution in [0, 0.1) is 11.8 Å². The van der Waals surface area contributed by atoms with Gasteiger partial charge in [-0.15, -0.1) is 0 Å². The van der Waals surface area contributed by atoms with Crippen LogP contribution in [-0.4, -0.2) is 25.7 Å². The van der Waals surface area contributed by atoms with Crippen molar-refractivity contribution >= 4 is 5.97 Å². The minimum absolute atomic E-state index is 0.0578. The first kappa shape index (κ1) is 15.4. The van der Waals surface area contributed by atoms with Crippen molar-refractivity contribution in [3.05, 3.63) is 0 Å². The Morgan fingerprint density at radius 2 is 1.81 bits per heavy atom. The maximum Gasteiger partial charge on any atom is 0.309 e. The van der Waals surface area contributed by atoms with Gasteiger partial charge in [0.25, 0.3) is 0 Å². The highest BCUT2D eigenvalue weighted by Crippen LogP contribution is 2.08. The number of hydrogen-bond acceptors (Lipinski definition) is 3. The second-order valence-electron chi connectivity index (χ2n) is 5.06. The van der Waals surface area contributed by atoms with Gasteiger partial charge in [0.1, 0.15) is 0 Å². The summed E-state index contributed by atoms with van der Waals surface area (Å²) in [7, 11) is 1.44. The van der Waals surface area contributed by atoms with Gasteiger partial charge in [-0.25, -0.2) is 0 Å². The van der Waals surface area contributed by atoms with Gasteiger partial charge in [0.15, 0.2) is 0 Å². The van der Waals surface area contributed by atoms with Crippen LogP contribution >= 0.6 is 0 Å². The predicted molar refractivity (Wildman–Crippen MR) is 67.3 cm³/mol. The van der Waals surface area contributed by atoms with Crippen molar-refractivity contribution in [1.82, 2.24) is 5.32 Å². The van der Waals surface area contributed by atoms with Gasteiger partial charge in [0.2, 0.25) is 0 Å². The van der Waals surface area contributed by atoms with Crippen molar-refractivity contribution in [3.63, 3.8) is 0 Å². The van der Waals surface area contributed by atoms with E-state index in [0.717, 1.165) is 5.92 Å². The van der Waals surface area contributed by atoms with E-state index in [1.807, 2.05) is 6.92 Å². The fourth-order valence-electron chi connectivity index (χ4n) is 1.60. The van der Waals surface area contributed by atoms with Crippen molar-refractivity contribution < 1.29 is 9.53 Å². The van der Waals surface area contributed by atoms with E-state index in [9.17, 15) is 4.79 Å². The van der Waals surface area contributed by atoms with Crippen molar-refractivity contribution in [2.24, 2.45) is 11.8 Å². The second kappa shape index (κ2) is 8.57. The molecule has 0 amide bonds. The minimum Gasteiger partial charge on any atom is -0.469 e. The number of nitrogens with one attached hydrogen (secondary N) is 1. The number of hydrogen-bond donors (Lipinski definition) is 1. The van der Waals surface area contributed by atoms with Crippen LogP contribution in [0.25, 0.3) is 0 Å². The summed E-state index contributed by atoms with van der Waals surface area (Å²) in [4.78, 5) is 11.2. The standard InChI is InChI=1S/C13H27NO2/c1-10(2)7-6-8-12(4)14-9-11(3)13(15)16-5/h10-12,14H,6-9H2,1-5H3. The van der Waals surface area contributed by atoms with Gasteiger partial charge in [-0.1, -0.05) is 33.6 Å². The first-order chi connectivity index (χ1) is 7.47. The molecule has 0 aromatic carbocycles. The zero-order chi connectivity index (χ0) is 12.6. The third kappa shape index (κ3) is 7.69. The van der Waals surface area contributed by atoms with Crippen LogP contribution in [0.5, 0.6) is 0 Å². The molecule has 0 saturated carbocycles. The number of carbonyl (C=O) groups excluding carboxylic acids is 1. The van der Waals surface area contributed by atoms with E-state index in [1.165, 1.54) is 26.4 Å². The van der Waals surface area contributed by atoms with Gasteiger partial charge < -0.3 is 10.1 Å². The summed E-state index contributed by atoms with van der Waals surface area (Å²) in [5, 5.41) is 3.37. The summed E-state index contributed by atoms with van der Waals surface area (Å²) in [6.45, 7) is 9.26. The smallest absolute Gasteiger partial charge is 0.309 e. The molecule has 0 radical (unpaired) electrons. The van der Waals surface area contributed by atoms with Gasteiger partial charge in [0.05, 0.1) is 13.0 Å². The molecule has 0 rings (SSSR count). The summed E-state index contributed by atoms with van der Waals surface area (Å²) in [6, 6.07) is 0.478. The molecule has 1 N–H and O–H groups in total. The molecule has 0 spiro atoms. The van der Waals surface area contributed by atoms with E-state index < -0.39 is 0 Å². The topological polar surface area (TPSA) is 38.3 Å². The molecule has 0 aromatic rings. The Labute approximate surface area is 99.9 Å². The highest BCUT2D eigenvalue weighted by Gasteiger charge is 2.13. The molecule has 2 unspecified atom stereocenters. The fraction of sp³-hybridized carbons (Fsp3) is 0.923. The van der Waals surface area contributed by atoms with Crippen LogP contribution in [-0.2, 0) is 9.53 Å². The fourth-order valence-corrected chi connectivity index (χ4v) is 1.60. The SMILES string of the molecule is COC(=O)C(C)CNC(C)CCCC(C)C. The molecule has 0 saturated heterocycles. The lowest BCUT2D eigenvalue weighted by atomic mass is 10.0. The first-order valence-corrected chi connectivity index (χ1v) is 6.28. The maximum absolute atomic E-state index is 11.2. The highest BCUT2D eigenvalue weighted by atomic mass is 16.5. The Hall–Kier alpha value is -0.570. The molecule has 2 atom stereocenters. The zero-order valence-electron chi connectivity index (χ0n) is 11.4. The molecule has 0 bridgehead atoms. The largest absolute Gasteiger partial charge is 0.469 e. The van der Waals surface area contributed by atoms with Crippen LogP contribution < -0.4 is 5.32 Å². The van der Waals surface area contributed by atoms with Crippen molar-refractivity contribution in [2.75, 3.05) is 13.7 Å². The number of carbonyl (C=O) groups is 1. The number of methoxy groups -OCH3 is 1. The van der Waals surface area contributed by atoms with Crippen molar-refractivity contribution in [1.29, 1.82) is 0 Å². The summed E-state index contributed by atoms with van der Waals surface area (Å²) in [5.41, 5.74) is 0. The summed E-state index contributed by atoms with van der Waals surface area (Å²) < 4.78 is 4.68. The quantitative estimate of drug-likeness (QED) is 0.650. The molecule has 0 fully saturated rings. The second-order valence-corrected chi connectivity index (χ2v) is 5.06. The molecule has 3 heteroatoms. The Balaban J connectivity index is 3.56. The molecule has 16 heavy (non-hydrogen) atoms. The monoisotopic (exact) mass is 229 g/mol. The van der Waals surface area contributed by atoms with Crippen molar-refractivity contribution in [3.8, 4) is 0 Å². The van der Waals surface area contributed by atoms with Crippen LogP contribution in [0.1, 0.15) is 47.0 Å². The number of esters is 1. The lowest BCUT2D eigenvalue weighted by Gasteiger charge is -2.16. The third-order valence-corrected chi connectivity index (χ3v) is 2.79. The molecular weight excluding hydrogens is 202 g/mol. The summed E-state index contributed by atoms with van der Waals surface area (Å²) in [6.07, 6.45) is 3.70. The Morgan fingerprint density at radius 3 is 2.31 bits per heavy atom. The van der Waals surface area contributed by atoms with Gasteiger partial charge >= 0.3 is 5.97 Å². The van der Waals surface area contributed by atoms with Gasteiger partial charge in [-0.05, 0) is 19.3 Å². The lowest BCUT2D eigenvalue weighted by molar-refractivity contribution is -0.144. The van der Waals surface area contributed by atoms with E-state index in [1.54, 1.807) is 0 Å². The average Bonchev–Trinajstić information content (AvgIpc) is 2.24. The van der Waals surface area contributed by atoms with Crippen LogP contribution in [0.4, 0.5) is 0 Å². The number of rotatable bonds is 8. The molecule has 0 heterocycles. The Morgan fingerprint density at radius 1 is 1.19 bits per heavy atom. The van der Waals surface area contributed by atoms with E-state index in [2.05, 4.69) is 30.8 Å². The Bertz CT molecular complexity index is 192. The molecule has 0 aliphatic carbocycles. The molecule has 3 nitrogen and oxygen atoms in total. The summed E-state index contributed by atoms with van der Waals surface area (Å²) >= 11 is 0. The van der Waals surface area contributed by atoms with E-state index in [0.29, 0.717) is 12.6 Å². The number of ether oxygens (including phenoxy) is 1. The third-order valence-electron chi connectivity index (χ3n) is 2.79. The highest BCUT2D eigenvalue weighted by molar-refractivity contribution is 5.72. The average molecular weight is 229 g/mol. The lowest BCUT2D eigenvalue weighted by Crippen LogP contribution is -2.33. The van der Waals surface area contributed by atoms with E-state index >= 15 is 0 Å². The predicted octanol–water partition coefficient (Wildman–Crippen LogP) is 2.60.